The molecule has 3 rings (SSSR count). The number of allylic oxidation sites excluding steroid dienone is 1. The maximum atomic E-state index is 9.24. The maximum absolute atomic E-state index is 9.24. The second-order valence-corrected chi connectivity index (χ2v) is 6.18. The van der Waals surface area contributed by atoms with E-state index < -0.39 is 0 Å². The lowest BCUT2D eigenvalue weighted by Gasteiger charge is -2.22. The second kappa shape index (κ2) is 8.33. The molecule has 124 valence electrons. The summed E-state index contributed by atoms with van der Waals surface area (Å²) in [6, 6.07) is 25.0. The quantitative estimate of drug-likeness (QED) is 0.501. The third-order valence-electron chi connectivity index (χ3n) is 4.57. The van der Waals surface area contributed by atoms with Crippen LogP contribution in [-0.2, 0) is 6.42 Å². The van der Waals surface area contributed by atoms with Crippen molar-refractivity contribution in [3.05, 3.63) is 96.1 Å². The highest BCUT2D eigenvalue weighted by Gasteiger charge is 2.21. The Morgan fingerprint density at radius 2 is 1.64 bits per heavy atom. The first-order valence-corrected chi connectivity index (χ1v) is 8.58. The first kappa shape index (κ1) is 17.0. The minimum Gasteiger partial charge on any atom is -0.392 e. The lowest BCUT2D eigenvalue weighted by molar-refractivity contribution is 0.341. The van der Waals surface area contributed by atoms with Crippen LogP contribution in [-0.4, -0.2) is 11.7 Å². The summed E-state index contributed by atoms with van der Waals surface area (Å²) < 4.78 is 0. The summed E-state index contributed by atoms with van der Waals surface area (Å²) in [5.41, 5.74) is 2.42. The number of hydrogen-bond donors (Lipinski definition) is 1. The van der Waals surface area contributed by atoms with Crippen molar-refractivity contribution in [2.75, 3.05) is 6.61 Å². The molecule has 0 heterocycles. The Bertz CT molecular complexity index is 881. The molecule has 0 spiro atoms. The summed E-state index contributed by atoms with van der Waals surface area (Å²) in [6.07, 6.45) is 10.7. The predicted octanol–water partition coefficient (Wildman–Crippen LogP) is 4.96. The average molecular weight is 326 g/mol. The topological polar surface area (TPSA) is 20.2 Å². The highest BCUT2D eigenvalue weighted by atomic mass is 16.2. The molecule has 1 nitrogen and oxygen atoms in total. The number of benzene rings is 3. The van der Waals surface area contributed by atoms with Crippen LogP contribution < -0.4 is 0 Å². The molecule has 0 radical (unpaired) electrons. The molecular weight excluding hydrogens is 304 g/mol. The largest absolute Gasteiger partial charge is 0.392 e. The Balaban J connectivity index is 2.02. The summed E-state index contributed by atoms with van der Waals surface area (Å²) in [5, 5.41) is 11.6. The Hall–Kier alpha value is -2.82. The van der Waals surface area contributed by atoms with Crippen LogP contribution in [0.15, 0.2) is 84.9 Å². The zero-order chi connectivity index (χ0) is 17.5. The van der Waals surface area contributed by atoms with Gasteiger partial charge in [0.25, 0.3) is 0 Å². The molecule has 3 aromatic carbocycles. The summed E-state index contributed by atoms with van der Waals surface area (Å²) in [7, 11) is 0. The van der Waals surface area contributed by atoms with E-state index in [0.29, 0.717) is 0 Å². The monoisotopic (exact) mass is 326 g/mol. The standard InChI is InChI=1S/C24H22O/c1-2-22(24-16-8-13-20-12-6-7-15-23(20)24)21(14-9-17-25)18-19-10-4-3-5-11-19/h1,3-16,21-22,25H,17-18H2/b14-9+. The van der Waals surface area contributed by atoms with Gasteiger partial charge in [0.15, 0.2) is 0 Å². The van der Waals surface area contributed by atoms with E-state index in [-0.39, 0.29) is 18.4 Å². The zero-order valence-corrected chi connectivity index (χ0v) is 14.2. The number of aliphatic hydroxyl groups excluding tert-OH is 1. The van der Waals surface area contributed by atoms with Crippen LogP contribution in [0.3, 0.4) is 0 Å². The van der Waals surface area contributed by atoms with E-state index >= 15 is 0 Å². The van der Waals surface area contributed by atoms with E-state index in [1.165, 1.54) is 21.9 Å². The molecule has 25 heavy (non-hydrogen) atoms. The maximum Gasteiger partial charge on any atom is 0.0612 e. The van der Waals surface area contributed by atoms with Gasteiger partial charge in [-0.05, 0) is 34.2 Å². The van der Waals surface area contributed by atoms with Gasteiger partial charge < -0.3 is 5.11 Å². The van der Waals surface area contributed by atoms with E-state index in [1.807, 2.05) is 24.3 Å². The number of fused-ring (bicyclic) bond motifs is 1. The fourth-order valence-corrected chi connectivity index (χ4v) is 3.38. The Kier molecular flexibility index (Phi) is 5.67. The van der Waals surface area contributed by atoms with Crippen molar-refractivity contribution in [1.29, 1.82) is 0 Å². The highest BCUT2D eigenvalue weighted by Crippen LogP contribution is 2.33. The third-order valence-corrected chi connectivity index (χ3v) is 4.57. The van der Waals surface area contributed by atoms with Crippen molar-refractivity contribution in [2.24, 2.45) is 5.92 Å². The fraction of sp³-hybridized carbons (Fsp3) is 0.167. The average Bonchev–Trinajstić information content (AvgIpc) is 2.67. The van der Waals surface area contributed by atoms with Gasteiger partial charge in [0.1, 0.15) is 0 Å². The van der Waals surface area contributed by atoms with Crippen LogP contribution >= 0.6 is 0 Å². The number of terminal acetylenes is 1. The van der Waals surface area contributed by atoms with E-state index in [0.717, 1.165) is 6.42 Å². The molecule has 0 aliphatic heterocycles. The fourth-order valence-electron chi connectivity index (χ4n) is 3.38. The molecule has 2 unspecified atom stereocenters. The molecule has 0 bridgehead atoms. The van der Waals surface area contributed by atoms with Crippen LogP contribution in [0.25, 0.3) is 10.8 Å². The normalized spacial score (nSPS) is 13.6. The Morgan fingerprint density at radius 1 is 0.920 bits per heavy atom. The summed E-state index contributed by atoms with van der Waals surface area (Å²) in [4.78, 5) is 0. The number of hydrogen-bond acceptors (Lipinski definition) is 1. The van der Waals surface area contributed by atoms with Crippen molar-refractivity contribution in [1.82, 2.24) is 0 Å². The Labute approximate surface area is 149 Å². The zero-order valence-electron chi connectivity index (χ0n) is 14.2. The van der Waals surface area contributed by atoms with Crippen LogP contribution in [0.5, 0.6) is 0 Å². The predicted molar refractivity (Wildman–Crippen MR) is 105 cm³/mol. The first-order chi connectivity index (χ1) is 12.3. The minimum atomic E-state index is -0.0471. The van der Waals surface area contributed by atoms with Crippen LogP contribution in [0, 0.1) is 18.3 Å². The molecule has 0 aliphatic carbocycles. The van der Waals surface area contributed by atoms with Gasteiger partial charge in [0.2, 0.25) is 0 Å². The Morgan fingerprint density at radius 3 is 2.40 bits per heavy atom. The van der Waals surface area contributed by atoms with Crippen LogP contribution in [0.1, 0.15) is 17.0 Å². The lowest BCUT2D eigenvalue weighted by Crippen LogP contribution is -2.13. The molecule has 0 amide bonds. The minimum absolute atomic E-state index is 0.0259. The van der Waals surface area contributed by atoms with Crippen molar-refractivity contribution >= 4 is 10.8 Å². The summed E-state index contributed by atoms with van der Waals surface area (Å²) >= 11 is 0. The number of rotatable bonds is 6. The molecule has 2 atom stereocenters. The molecule has 1 heteroatoms. The molecule has 1 N–H and O–H groups in total. The summed E-state index contributed by atoms with van der Waals surface area (Å²) in [6.45, 7) is 0.0259. The van der Waals surface area contributed by atoms with Crippen molar-refractivity contribution < 1.29 is 5.11 Å². The van der Waals surface area contributed by atoms with Crippen molar-refractivity contribution in [2.45, 2.75) is 12.3 Å². The van der Waals surface area contributed by atoms with E-state index in [1.54, 1.807) is 6.08 Å². The van der Waals surface area contributed by atoms with Gasteiger partial charge in [-0.25, -0.2) is 0 Å². The molecule has 3 aromatic rings. The van der Waals surface area contributed by atoms with Gasteiger partial charge in [0.05, 0.1) is 12.5 Å². The molecule has 0 aliphatic rings. The lowest BCUT2D eigenvalue weighted by atomic mass is 9.80. The first-order valence-electron chi connectivity index (χ1n) is 8.58. The van der Waals surface area contributed by atoms with E-state index in [2.05, 4.69) is 60.5 Å². The van der Waals surface area contributed by atoms with E-state index in [4.69, 9.17) is 6.42 Å². The van der Waals surface area contributed by atoms with Crippen molar-refractivity contribution in [3.8, 4) is 12.3 Å². The molecule has 0 fully saturated rings. The van der Waals surface area contributed by atoms with Crippen LogP contribution in [0.4, 0.5) is 0 Å². The SMILES string of the molecule is C#CC(c1cccc2ccccc12)C(/C=C/CO)Cc1ccccc1. The third kappa shape index (κ3) is 3.99. The van der Waals surface area contributed by atoms with Gasteiger partial charge in [-0.3, -0.25) is 0 Å². The molecule has 0 saturated carbocycles. The highest BCUT2D eigenvalue weighted by molar-refractivity contribution is 5.86. The van der Waals surface area contributed by atoms with Gasteiger partial charge in [0, 0.05) is 0 Å². The molecule has 0 aromatic heterocycles. The van der Waals surface area contributed by atoms with Gasteiger partial charge in [-0.2, -0.15) is 0 Å². The number of aliphatic hydroxyl groups is 1. The van der Waals surface area contributed by atoms with E-state index in [9.17, 15) is 5.11 Å². The van der Waals surface area contributed by atoms with Gasteiger partial charge >= 0.3 is 0 Å². The van der Waals surface area contributed by atoms with Crippen molar-refractivity contribution in [3.63, 3.8) is 0 Å². The smallest absolute Gasteiger partial charge is 0.0612 e. The molecule has 0 saturated heterocycles. The van der Waals surface area contributed by atoms with Gasteiger partial charge in [-0.1, -0.05) is 90.9 Å². The van der Waals surface area contributed by atoms with Gasteiger partial charge in [-0.15, -0.1) is 6.42 Å². The second-order valence-electron chi connectivity index (χ2n) is 6.18. The summed E-state index contributed by atoms with van der Waals surface area (Å²) in [5.74, 6) is 3.09. The van der Waals surface area contributed by atoms with Crippen LogP contribution in [0.2, 0.25) is 0 Å². The molecular formula is C24H22O.